The first kappa shape index (κ1) is 17.5. The summed E-state index contributed by atoms with van der Waals surface area (Å²) in [5.74, 6) is -0.0650. The van der Waals surface area contributed by atoms with Crippen molar-refractivity contribution in [3.05, 3.63) is 17.5 Å². The third kappa shape index (κ3) is 4.79. The van der Waals surface area contributed by atoms with Gasteiger partial charge in [-0.05, 0) is 31.7 Å². The molecule has 0 radical (unpaired) electrons. The van der Waals surface area contributed by atoms with E-state index in [2.05, 4.69) is 10.4 Å². The molecular formula is C16H26N4O3. The summed E-state index contributed by atoms with van der Waals surface area (Å²) in [4.78, 5) is 25.4. The monoisotopic (exact) mass is 322 g/mol. The van der Waals surface area contributed by atoms with E-state index in [1.807, 2.05) is 20.2 Å². The minimum Gasteiger partial charge on any atom is -0.391 e. The van der Waals surface area contributed by atoms with Gasteiger partial charge in [-0.3, -0.25) is 14.3 Å². The van der Waals surface area contributed by atoms with Crippen LogP contribution in [-0.4, -0.2) is 56.8 Å². The maximum Gasteiger partial charge on any atom is 0.222 e. The standard InChI is InChI=1S/C16H26N4O3/c1-11-13(10-19(3)18-11)4-5-16(23)20-8-6-14(17-12(2)21)15(22)7-9-20/h10,14-15,22H,4-9H2,1-3H3,(H,17,21)/t14-,15-/m0/s1. The molecule has 1 fully saturated rings. The van der Waals surface area contributed by atoms with Gasteiger partial charge in [-0.15, -0.1) is 0 Å². The molecule has 1 saturated heterocycles. The summed E-state index contributed by atoms with van der Waals surface area (Å²) in [5.41, 5.74) is 2.05. The van der Waals surface area contributed by atoms with Gasteiger partial charge in [0.1, 0.15) is 0 Å². The van der Waals surface area contributed by atoms with Crippen LogP contribution in [0.25, 0.3) is 0 Å². The van der Waals surface area contributed by atoms with Gasteiger partial charge in [0, 0.05) is 39.7 Å². The fraction of sp³-hybridized carbons (Fsp3) is 0.688. The van der Waals surface area contributed by atoms with E-state index in [9.17, 15) is 14.7 Å². The highest BCUT2D eigenvalue weighted by molar-refractivity contribution is 5.76. The third-order valence-corrected chi connectivity index (χ3v) is 4.33. The van der Waals surface area contributed by atoms with Crippen LogP contribution in [0, 0.1) is 6.92 Å². The van der Waals surface area contributed by atoms with Crippen molar-refractivity contribution in [1.29, 1.82) is 0 Å². The molecule has 128 valence electrons. The van der Waals surface area contributed by atoms with Crippen LogP contribution in [0.1, 0.15) is 37.4 Å². The van der Waals surface area contributed by atoms with Gasteiger partial charge < -0.3 is 15.3 Å². The number of aliphatic hydroxyl groups excluding tert-OH is 1. The van der Waals surface area contributed by atoms with Crippen molar-refractivity contribution in [2.45, 2.75) is 51.7 Å². The molecule has 0 aliphatic carbocycles. The number of carbonyl (C=O) groups excluding carboxylic acids is 2. The Labute approximate surface area is 136 Å². The van der Waals surface area contributed by atoms with Crippen LogP contribution in [0.4, 0.5) is 0 Å². The van der Waals surface area contributed by atoms with Crippen LogP contribution >= 0.6 is 0 Å². The van der Waals surface area contributed by atoms with Crippen molar-refractivity contribution in [2.75, 3.05) is 13.1 Å². The maximum atomic E-state index is 12.4. The molecule has 1 aromatic heterocycles. The Hall–Kier alpha value is -1.89. The number of likely N-dealkylation sites (tertiary alicyclic amines) is 1. The molecule has 0 bridgehead atoms. The highest BCUT2D eigenvalue weighted by atomic mass is 16.3. The lowest BCUT2D eigenvalue weighted by Crippen LogP contribution is -2.42. The molecule has 0 saturated carbocycles. The Kier molecular flexibility index (Phi) is 5.76. The molecular weight excluding hydrogens is 296 g/mol. The second-order valence-corrected chi connectivity index (χ2v) is 6.25. The molecule has 1 aromatic rings. The Morgan fingerprint density at radius 2 is 2.09 bits per heavy atom. The van der Waals surface area contributed by atoms with E-state index in [4.69, 9.17) is 0 Å². The van der Waals surface area contributed by atoms with Crippen molar-refractivity contribution in [3.63, 3.8) is 0 Å². The van der Waals surface area contributed by atoms with E-state index in [-0.39, 0.29) is 17.9 Å². The van der Waals surface area contributed by atoms with E-state index in [1.54, 1.807) is 9.58 Å². The summed E-state index contributed by atoms with van der Waals surface area (Å²) in [5, 5.41) is 17.1. The number of rotatable bonds is 4. The summed E-state index contributed by atoms with van der Waals surface area (Å²) in [6.45, 7) is 4.48. The van der Waals surface area contributed by atoms with Gasteiger partial charge in [-0.1, -0.05) is 0 Å². The van der Waals surface area contributed by atoms with E-state index in [0.29, 0.717) is 38.8 Å². The van der Waals surface area contributed by atoms with Gasteiger partial charge in [0.2, 0.25) is 11.8 Å². The number of nitrogens with zero attached hydrogens (tertiary/aromatic N) is 3. The first-order chi connectivity index (χ1) is 10.9. The molecule has 2 amide bonds. The summed E-state index contributed by atoms with van der Waals surface area (Å²) in [6, 6.07) is -0.272. The first-order valence-corrected chi connectivity index (χ1v) is 8.09. The maximum absolute atomic E-state index is 12.4. The summed E-state index contributed by atoms with van der Waals surface area (Å²) < 4.78 is 1.76. The number of carbonyl (C=O) groups is 2. The lowest BCUT2D eigenvalue weighted by atomic mass is 10.1. The van der Waals surface area contributed by atoms with E-state index < -0.39 is 6.10 Å². The molecule has 2 heterocycles. The van der Waals surface area contributed by atoms with Crippen molar-refractivity contribution >= 4 is 11.8 Å². The normalized spacial score (nSPS) is 21.8. The predicted octanol–water partition coefficient (Wildman–Crippen LogP) is 0.149. The topological polar surface area (TPSA) is 87.5 Å². The summed E-state index contributed by atoms with van der Waals surface area (Å²) in [6.07, 6.45) is 3.53. The van der Waals surface area contributed by atoms with Gasteiger partial charge in [-0.25, -0.2) is 0 Å². The smallest absolute Gasteiger partial charge is 0.222 e. The molecule has 0 unspecified atom stereocenters. The number of aromatic nitrogens is 2. The summed E-state index contributed by atoms with van der Waals surface area (Å²) in [7, 11) is 1.87. The van der Waals surface area contributed by atoms with Crippen molar-refractivity contribution in [1.82, 2.24) is 20.0 Å². The van der Waals surface area contributed by atoms with Crippen LogP contribution < -0.4 is 5.32 Å². The number of hydrogen-bond acceptors (Lipinski definition) is 4. The van der Waals surface area contributed by atoms with Gasteiger partial charge >= 0.3 is 0 Å². The molecule has 1 aliphatic heterocycles. The molecule has 0 aromatic carbocycles. The Bertz CT molecular complexity index is 570. The zero-order valence-electron chi connectivity index (χ0n) is 14.1. The van der Waals surface area contributed by atoms with Crippen LogP contribution in [0.3, 0.4) is 0 Å². The van der Waals surface area contributed by atoms with E-state index in [1.165, 1.54) is 6.92 Å². The lowest BCUT2D eigenvalue weighted by Gasteiger charge is -2.21. The minimum absolute atomic E-state index is 0.0870. The van der Waals surface area contributed by atoms with Crippen molar-refractivity contribution in [2.24, 2.45) is 7.05 Å². The largest absolute Gasteiger partial charge is 0.391 e. The number of nitrogens with one attached hydrogen (secondary N) is 1. The number of aryl methyl sites for hydroxylation is 3. The SMILES string of the molecule is CC(=O)N[C@H]1CCN(C(=O)CCc2cn(C)nc2C)CC[C@@H]1O. The van der Waals surface area contributed by atoms with Crippen molar-refractivity contribution < 1.29 is 14.7 Å². The van der Waals surface area contributed by atoms with E-state index >= 15 is 0 Å². The molecule has 2 N–H and O–H groups in total. The van der Waals surface area contributed by atoms with Gasteiger partial charge in [0.25, 0.3) is 0 Å². The average Bonchev–Trinajstić information content (AvgIpc) is 2.68. The lowest BCUT2D eigenvalue weighted by molar-refractivity contribution is -0.131. The first-order valence-electron chi connectivity index (χ1n) is 8.09. The molecule has 0 spiro atoms. The number of amides is 2. The molecule has 7 nitrogen and oxygen atoms in total. The second kappa shape index (κ2) is 7.59. The molecule has 2 atom stereocenters. The Morgan fingerprint density at radius 3 is 2.70 bits per heavy atom. The van der Waals surface area contributed by atoms with Gasteiger partial charge in [-0.2, -0.15) is 5.10 Å². The predicted molar refractivity (Wildman–Crippen MR) is 85.7 cm³/mol. The van der Waals surface area contributed by atoms with Gasteiger partial charge in [0.15, 0.2) is 0 Å². The van der Waals surface area contributed by atoms with Crippen molar-refractivity contribution in [3.8, 4) is 0 Å². The highest BCUT2D eigenvalue weighted by Crippen LogP contribution is 2.15. The van der Waals surface area contributed by atoms with Crippen LogP contribution in [0.2, 0.25) is 0 Å². The zero-order chi connectivity index (χ0) is 17.0. The highest BCUT2D eigenvalue weighted by Gasteiger charge is 2.27. The Morgan fingerprint density at radius 1 is 1.39 bits per heavy atom. The summed E-state index contributed by atoms with van der Waals surface area (Å²) >= 11 is 0. The Balaban J connectivity index is 1.87. The van der Waals surface area contributed by atoms with Crippen LogP contribution in [0.5, 0.6) is 0 Å². The molecule has 1 aliphatic rings. The van der Waals surface area contributed by atoms with Crippen LogP contribution in [-0.2, 0) is 23.1 Å². The average molecular weight is 322 g/mol. The molecule has 2 rings (SSSR count). The minimum atomic E-state index is -0.600. The quantitative estimate of drug-likeness (QED) is 0.826. The number of hydrogen-bond donors (Lipinski definition) is 2. The second-order valence-electron chi connectivity index (χ2n) is 6.25. The fourth-order valence-electron chi connectivity index (χ4n) is 3.06. The van der Waals surface area contributed by atoms with Gasteiger partial charge in [0.05, 0.1) is 17.8 Å². The molecule has 7 heteroatoms. The van der Waals surface area contributed by atoms with Crippen LogP contribution in [0.15, 0.2) is 6.20 Å². The number of aliphatic hydroxyl groups is 1. The zero-order valence-corrected chi connectivity index (χ0v) is 14.1. The fourth-order valence-corrected chi connectivity index (χ4v) is 3.06. The van der Waals surface area contributed by atoms with E-state index in [0.717, 1.165) is 11.3 Å². The molecule has 23 heavy (non-hydrogen) atoms. The third-order valence-electron chi connectivity index (χ3n) is 4.33.